The standard InChI is InChI=1S/C20H17N3O3/c1-13-5-7-23-11-17(21-19(23)9-13)14-3-4-18(25-2)16(10-14)22-20(24)15-6-8-26-12-15/h3-12H,1-2H3,(H,22,24). The van der Waals surface area contributed by atoms with Crippen molar-refractivity contribution in [2.24, 2.45) is 0 Å². The van der Waals surface area contributed by atoms with E-state index in [2.05, 4.69) is 10.3 Å². The van der Waals surface area contributed by atoms with E-state index in [-0.39, 0.29) is 5.91 Å². The van der Waals surface area contributed by atoms with E-state index < -0.39 is 0 Å². The molecule has 1 N–H and O–H groups in total. The summed E-state index contributed by atoms with van der Waals surface area (Å²) >= 11 is 0. The number of ether oxygens (including phenoxy) is 1. The Hall–Kier alpha value is -3.54. The monoisotopic (exact) mass is 347 g/mol. The number of nitrogens with one attached hydrogen (secondary N) is 1. The number of anilines is 1. The molecule has 0 bridgehead atoms. The molecule has 0 fully saturated rings. The Morgan fingerprint density at radius 3 is 2.88 bits per heavy atom. The Bertz CT molecular complexity index is 1080. The van der Waals surface area contributed by atoms with E-state index >= 15 is 0 Å². The number of nitrogens with zero attached hydrogens (tertiary/aromatic N) is 2. The number of hydrogen-bond donors (Lipinski definition) is 1. The van der Waals surface area contributed by atoms with Crippen LogP contribution in [0.5, 0.6) is 5.75 Å². The zero-order valence-electron chi connectivity index (χ0n) is 14.4. The summed E-state index contributed by atoms with van der Waals surface area (Å²) in [5.41, 5.74) is 4.74. The molecule has 0 unspecified atom stereocenters. The number of aromatic nitrogens is 2. The number of carbonyl (C=O) groups excluding carboxylic acids is 1. The number of carbonyl (C=O) groups is 1. The average molecular weight is 347 g/mol. The second kappa shape index (κ2) is 6.40. The number of benzene rings is 1. The topological polar surface area (TPSA) is 68.8 Å². The van der Waals surface area contributed by atoms with Gasteiger partial charge < -0.3 is 18.9 Å². The SMILES string of the molecule is COc1ccc(-c2cn3ccc(C)cc3n2)cc1NC(=O)c1ccoc1. The van der Waals surface area contributed by atoms with Gasteiger partial charge in [0.2, 0.25) is 0 Å². The lowest BCUT2D eigenvalue weighted by molar-refractivity contribution is 0.102. The largest absolute Gasteiger partial charge is 0.495 e. The van der Waals surface area contributed by atoms with Gasteiger partial charge in [0.1, 0.15) is 17.7 Å². The third-order valence-corrected chi connectivity index (χ3v) is 4.14. The molecule has 0 spiro atoms. The smallest absolute Gasteiger partial charge is 0.259 e. The number of hydrogen-bond acceptors (Lipinski definition) is 4. The van der Waals surface area contributed by atoms with Gasteiger partial charge >= 0.3 is 0 Å². The summed E-state index contributed by atoms with van der Waals surface area (Å²) in [6.07, 6.45) is 6.79. The molecular weight excluding hydrogens is 330 g/mol. The average Bonchev–Trinajstić information content (AvgIpc) is 3.31. The Morgan fingerprint density at radius 2 is 2.12 bits per heavy atom. The van der Waals surface area contributed by atoms with Crippen molar-refractivity contribution in [3.8, 4) is 17.0 Å². The van der Waals surface area contributed by atoms with Crippen molar-refractivity contribution in [2.75, 3.05) is 12.4 Å². The van der Waals surface area contributed by atoms with Crippen LogP contribution < -0.4 is 10.1 Å². The summed E-state index contributed by atoms with van der Waals surface area (Å²) < 4.78 is 12.3. The molecule has 0 saturated carbocycles. The highest BCUT2D eigenvalue weighted by molar-refractivity contribution is 6.05. The molecule has 130 valence electrons. The fraction of sp³-hybridized carbons (Fsp3) is 0.100. The van der Waals surface area contributed by atoms with Gasteiger partial charge in [-0.15, -0.1) is 0 Å². The third-order valence-electron chi connectivity index (χ3n) is 4.14. The van der Waals surface area contributed by atoms with E-state index in [9.17, 15) is 4.79 Å². The van der Waals surface area contributed by atoms with Gasteiger partial charge in [0.05, 0.1) is 30.3 Å². The molecule has 0 radical (unpaired) electrons. The highest BCUT2D eigenvalue weighted by atomic mass is 16.5. The molecule has 3 aromatic heterocycles. The quantitative estimate of drug-likeness (QED) is 0.602. The Morgan fingerprint density at radius 1 is 1.23 bits per heavy atom. The van der Waals surface area contributed by atoms with Crippen molar-refractivity contribution in [3.05, 3.63) is 72.4 Å². The predicted octanol–water partition coefficient (Wildman–Crippen LogP) is 4.16. The summed E-state index contributed by atoms with van der Waals surface area (Å²) in [6.45, 7) is 2.03. The van der Waals surface area contributed by atoms with Crippen LogP contribution in [0.15, 0.2) is 65.7 Å². The third kappa shape index (κ3) is 2.93. The zero-order chi connectivity index (χ0) is 18.1. The van der Waals surface area contributed by atoms with Crippen LogP contribution in [0, 0.1) is 6.92 Å². The number of aryl methyl sites for hydroxylation is 1. The number of methoxy groups -OCH3 is 1. The molecule has 4 aromatic rings. The van der Waals surface area contributed by atoms with Crippen LogP contribution in [-0.4, -0.2) is 22.4 Å². The maximum atomic E-state index is 12.3. The Balaban J connectivity index is 1.71. The first kappa shape index (κ1) is 16.0. The van der Waals surface area contributed by atoms with E-state index in [0.717, 1.165) is 22.5 Å². The van der Waals surface area contributed by atoms with Gasteiger partial charge in [-0.2, -0.15) is 0 Å². The van der Waals surface area contributed by atoms with Gasteiger partial charge in [-0.1, -0.05) is 0 Å². The van der Waals surface area contributed by atoms with Crippen molar-refractivity contribution in [1.82, 2.24) is 9.38 Å². The fourth-order valence-corrected chi connectivity index (χ4v) is 2.78. The van der Waals surface area contributed by atoms with Crippen molar-refractivity contribution in [2.45, 2.75) is 6.92 Å². The van der Waals surface area contributed by atoms with E-state index in [1.807, 2.05) is 54.0 Å². The summed E-state index contributed by atoms with van der Waals surface area (Å²) in [6, 6.07) is 11.2. The van der Waals surface area contributed by atoms with E-state index in [0.29, 0.717) is 17.0 Å². The second-order valence-corrected chi connectivity index (χ2v) is 5.98. The van der Waals surface area contributed by atoms with E-state index in [4.69, 9.17) is 9.15 Å². The molecule has 26 heavy (non-hydrogen) atoms. The molecule has 0 saturated heterocycles. The van der Waals surface area contributed by atoms with Gasteiger partial charge in [-0.25, -0.2) is 4.98 Å². The lowest BCUT2D eigenvalue weighted by Gasteiger charge is -2.11. The molecule has 6 nitrogen and oxygen atoms in total. The van der Waals surface area contributed by atoms with Crippen molar-refractivity contribution in [1.29, 1.82) is 0 Å². The first-order valence-corrected chi connectivity index (χ1v) is 8.11. The van der Waals surface area contributed by atoms with Crippen LogP contribution in [0.1, 0.15) is 15.9 Å². The lowest BCUT2D eigenvalue weighted by atomic mass is 10.1. The number of amides is 1. The van der Waals surface area contributed by atoms with Crippen LogP contribution in [-0.2, 0) is 0 Å². The molecule has 6 heteroatoms. The minimum absolute atomic E-state index is 0.264. The number of fused-ring (bicyclic) bond motifs is 1. The summed E-state index contributed by atoms with van der Waals surface area (Å²) in [5.74, 6) is 0.310. The Kier molecular flexibility index (Phi) is 3.93. The van der Waals surface area contributed by atoms with Crippen LogP contribution in [0.25, 0.3) is 16.9 Å². The van der Waals surface area contributed by atoms with Crippen LogP contribution in [0.4, 0.5) is 5.69 Å². The first-order valence-electron chi connectivity index (χ1n) is 8.11. The minimum atomic E-state index is -0.264. The summed E-state index contributed by atoms with van der Waals surface area (Å²) in [7, 11) is 1.57. The number of furan rings is 1. The van der Waals surface area contributed by atoms with Crippen LogP contribution >= 0.6 is 0 Å². The van der Waals surface area contributed by atoms with Gasteiger partial charge in [-0.3, -0.25) is 4.79 Å². The van der Waals surface area contributed by atoms with Gasteiger partial charge in [0.15, 0.2) is 0 Å². The lowest BCUT2D eigenvalue weighted by Crippen LogP contribution is -2.11. The minimum Gasteiger partial charge on any atom is -0.495 e. The molecule has 4 rings (SSSR count). The Labute approximate surface area is 150 Å². The number of imidazole rings is 1. The molecule has 3 heterocycles. The van der Waals surface area contributed by atoms with Crippen molar-refractivity contribution >= 4 is 17.2 Å². The summed E-state index contributed by atoms with van der Waals surface area (Å²) in [5, 5.41) is 2.86. The molecule has 0 aliphatic rings. The molecule has 0 aliphatic carbocycles. The highest BCUT2D eigenvalue weighted by Crippen LogP contribution is 2.31. The summed E-state index contributed by atoms with van der Waals surface area (Å²) in [4.78, 5) is 17.0. The maximum absolute atomic E-state index is 12.3. The maximum Gasteiger partial charge on any atom is 0.259 e. The van der Waals surface area contributed by atoms with E-state index in [1.54, 1.807) is 13.2 Å². The molecule has 1 amide bonds. The zero-order valence-corrected chi connectivity index (χ0v) is 14.4. The number of rotatable bonds is 4. The molecule has 0 atom stereocenters. The first-order chi connectivity index (χ1) is 12.6. The molecule has 0 aliphatic heterocycles. The van der Waals surface area contributed by atoms with Gasteiger partial charge in [-0.05, 0) is 48.9 Å². The van der Waals surface area contributed by atoms with Crippen LogP contribution in [0.3, 0.4) is 0 Å². The van der Waals surface area contributed by atoms with Gasteiger partial charge in [0, 0.05) is 18.0 Å². The number of pyridine rings is 1. The van der Waals surface area contributed by atoms with Gasteiger partial charge in [0.25, 0.3) is 5.91 Å². The van der Waals surface area contributed by atoms with Crippen molar-refractivity contribution in [3.63, 3.8) is 0 Å². The van der Waals surface area contributed by atoms with Crippen LogP contribution in [0.2, 0.25) is 0 Å². The predicted molar refractivity (Wildman–Crippen MR) is 98.6 cm³/mol. The van der Waals surface area contributed by atoms with E-state index in [1.165, 1.54) is 12.5 Å². The second-order valence-electron chi connectivity index (χ2n) is 5.98. The molecule has 1 aromatic carbocycles. The normalized spacial score (nSPS) is 10.8. The highest BCUT2D eigenvalue weighted by Gasteiger charge is 2.13. The van der Waals surface area contributed by atoms with Crippen molar-refractivity contribution < 1.29 is 13.9 Å². The fourth-order valence-electron chi connectivity index (χ4n) is 2.78. The molecular formula is C20H17N3O3.